The van der Waals surface area contributed by atoms with Crippen molar-refractivity contribution in [3.8, 4) is 5.75 Å². The summed E-state index contributed by atoms with van der Waals surface area (Å²) in [5.41, 5.74) is 1.10. The van der Waals surface area contributed by atoms with Crippen LogP contribution in [-0.2, 0) is 0 Å². The average Bonchev–Trinajstić information content (AvgIpc) is 2.54. The Kier molecular flexibility index (Phi) is 5.54. The van der Waals surface area contributed by atoms with E-state index in [1.165, 1.54) is 24.3 Å². The molecule has 0 saturated heterocycles. The summed E-state index contributed by atoms with van der Waals surface area (Å²) in [5.74, 6) is 0.250. The summed E-state index contributed by atoms with van der Waals surface area (Å²) in [4.78, 5) is 12.0. The topological polar surface area (TPSA) is 70.6 Å². The number of benzene rings is 2. The number of ether oxygens (including phenoxy) is 1. The summed E-state index contributed by atoms with van der Waals surface area (Å²) >= 11 is 0. The molecule has 0 aliphatic carbocycles. The highest BCUT2D eigenvalue weighted by molar-refractivity contribution is 5.89. The Balaban J connectivity index is 1.94. The number of halogens is 1. The molecule has 0 bridgehead atoms. The van der Waals surface area contributed by atoms with Gasteiger partial charge in [0.1, 0.15) is 11.6 Å². The lowest BCUT2D eigenvalue weighted by atomic mass is 10.0. The molecule has 0 spiro atoms. The van der Waals surface area contributed by atoms with Crippen LogP contribution in [0.25, 0.3) is 0 Å². The van der Waals surface area contributed by atoms with Crippen LogP contribution in [-0.4, -0.2) is 24.3 Å². The molecule has 0 aromatic heterocycles. The van der Waals surface area contributed by atoms with Gasteiger partial charge in [0.25, 0.3) is 0 Å². The van der Waals surface area contributed by atoms with Gasteiger partial charge < -0.3 is 20.5 Å². The number of methoxy groups -OCH3 is 1. The first kappa shape index (κ1) is 16.8. The van der Waals surface area contributed by atoms with E-state index >= 15 is 0 Å². The zero-order chi connectivity index (χ0) is 16.8. The number of nitrogens with one attached hydrogen (secondary N) is 2. The molecule has 5 nitrogen and oxygen atoms in total. The highest BCUT2D eigenvalue weighted by atomic mass is 19.1. The second-order valence-electron chi connectivity index (χ2n) is 5.12. The van der Waals surface area contributed by atoms with Crippen LogP contribution in [0.15, 0.2) is 48.5 Å². The third kappa shape index (κ3) is 4.69. The number of hydrogen-bond acceptors (Lipinski definition) is 3. The standard InChI is InChI=1S/C17H19FN2O3/c1-11(16(21)12-6-8-13(18)9-7-12)19-17(22)20-14-4-3-5-15(10-14)23-2/h3-11,16,21H,1-2H3,(H2,19,20,22)/t11-,16+/m0/s1. The maximum absolute atomic E-state index is 12.9. The first-order valence-corrected chi connectivity index (χ1v) is 7.14. The fourth-order valence-corrected chi connectivity index (χ4v) is 2.10. The van der Waals surface area contributed by atoms with Gasteiger partial charge in [-0.1, -0.05) is 18.2 Å². The van der Waals surface area contributed by atoms with Gasteiger partial charge in [0.05, 0.1) is 19.3 Å². The van der Waals surface area contributed by atoms with Gasteiger partial charge in [-0.05, 0) is 36.8 Å². The van der Waals surface area contributed by atoms with Gasteiger partial charge in [0, 0.05) is 11.8 Å². The molecular weight excluding hydrogens is 299 g/mol. The minimum atomic E-state index is -0.938. The van der Waals surface area contributed by atoms with Gasteiger partial charge in [-0.3, -0.25) is 0 Å². The largest absolute Gasteiger partial charge is 0.497 e. The quantitative estimate of drug-likeness (QED) is 0.793. The number of carbonyl (C=O) groups is 1. The van der Waals surface area contributed by atoms with Crippen molar-refractivity contribution in [1.29, 1.82) is 0 Å². The third-order valence-electron chi connectivity index (χ3n) is 3.37. The van der Waals surface area contributed by atoms with Crippen molar-refractivity contribution in [3.05, 3.63) is 59.9 Å². The van der Waals surface area contributed by atoms with Crippen LogP contribution >= 0.6 is 0 Å². The molecular formula is C17H19FN2O3. The van der Waals surface area contributed by atoms with E-state index in [2.05, 4.69) is 10.6 Å². The first-order valence-electron chi connectivity index (χ1n) is 7.14. The summed E-state index contributed by atoms with van der Waals surface area (Å²) in [7, 11) is 1.54. The molecule has 0 radical (unpaired) electrons. The van der Waals surface area contributed by atoms with Crippen LogP contribution in [0.4, 0.5) is 14.9 Å². The van der Waals surface area contributed by atoms with Gasteiger partial charge in [-0.15, -0.1) is 0 Å². The van der Waals surface area contributed by atoms with Crippen LogP contribution in [0.2, 0.25) is 0 Å². The van der Waals surface area contributed by atoms with E-state index in [0.717, 1.165) is 0 Å². The molecule has 122 valence electrons. The normalized spacial score (nSPS) is 13.0. The van der Waals surface area contributed by atoms with Crippen molar-refractivity contribution < 1.29 is 19.0 Å². The second kappa shape index (κ2) is 7.60. The van der Waals surface area contributed by atoms with Crippen molar-refractivity contribution in [2.75, 3.05) is 12.4 Å². The Morgan fingerprint density at radius 1 is 1.22 bits per heavy atom. The molecule has 0 saturated carbocycles. The first-order chi connectivity index (χ1) is 11.0. The molecule has 2 atom stereocenters. The number of anilines is 1. The molecule has 2 amide bonds. The average molecular weight is 318 g/mol. The monoisotopic (exact) mass is 318 g/mol. The lowest BCUT2D eigenvalue weighted by molar-refractivity contribution is 0.139. The Labute approximate surface area is 134 Å². The minimum Gasteiger partial charge on any atom is -0.497 e. The van der Waals surface area contributed by atoms with E-state index in [1.54, 1.807) is 38.3 Å². The van der Waals surface area contributed by atoms with Crippen LogP contribution in [0.5, 0.6) is 5.75 Å². The van der Waals surface area contributed by atoms with Crippen molar-refractivity contribution in [3.63, 3.8) is 0 Å². The molecule has 6 heteroatoms. The SMILES string of the molecule is COc1cccc(NC(=O)N[C@@H](C)[C@@H](O)c2ccc(F)cc2)c1. The molecule has 0 aliphatic heterocycles. The van der Waals surface area contributed by atoms with Gasteiger partial charge in [-0.2, -0.15) is 0 Å². The molecule has 2 rings (SSSR count). The van der Waals surface area contributed by atoms with Crippen molar-refractivity contribution >= 4 is 11.7 Å². The zero-order valence-electron chi connectivity index (χ0n) is 12.9. The summed E-state index contributed by atoms with van der Waals surface area (Å²) in [6, 6.07) is 11.4. The third-order valence-corrected chi connectivity index (χ3v) is 3.37. The van der Waals surface area contributed by atoms with E-state index in [9.17, 15) is 14.3 Å². The highest BCUT2D eigenvalue weighted by Crippen LogP contribution is 2.18. The summed E-state index contributed by atoms with van der Waals surface area (Å²) < 4.78 is 18.0. The molecule has 0 unspecified atom stereocenters. The number of aliphatic hydroxyl groups is 1. The molecule has 0 heterocycles. The fraction of sp³-hybridized carbons (Fsp3) is 0.235. The molecule has 3 N–H and O–H groups in total. The molecule has 0 fully saturated rings. The van der Waals surface area contributed by atoms with Gasteiger partial charge >= 0.3 is 6.03 Å². The Hall–Kier alpha value is -2.60. The summed E-state index contributed by atoms with van der Waals surface area (Å²) in [6.07, 6.45) is -0.938. The van der Waals surface area contributed by atoms with Gasteiger partial charge in [0.15, 0.2) is 0 Å². The van der Waals surface area contributed by atoms with Crippen LogP contribution < -0.4 is 15.4 Å². The molecule has 0 aliphatic rings. The highest BCUT2D eigenvalue weighted by Gasteiger charge is 2.18. The number of amides is 2. The van der Waals surface area contributed by atoms with Crippen molar-refractivity contribution in [1.82, 2.24) is 5.32 Å². The maximum Gasteiger partial charge on any atom is 0.319 e. The lowest BCUT2D eigenvalue weighted by Crippen LogP contribution is -2.39. The molecule has 2 aromatic rings. The Morgan fingerprint density at radius 2 is 1.91 bits per heavy atom. The molecule has 2 aromatic carbocycles. The van der Waals surface area contributed by atoms with Crippen LogP contribution in [0.1, 0.15) is 18.6 Å². The van der Waals surface area contributed by atoms with E-state index in [0.29, 0.717) is 17.0 Å². The maximum atomic E-state index is 12.9. The Bertz CT molecular complexity index is 661. The lowest BCUT2D eigenvalue weighted by Gasteiger charge is -2.21. The van der Waals surface area contributed by atoms with E-state index in [-0.39, 0.29) is 5.82 Å². The van der Waals surface area contributed by atoms with E-state index in [1.807, 2.05) is 0 Å². The number of hydrogen-bond donors (Lipinski definition) is 3. The smallest absolute Gasteiger partial charge is 0.319 e. The number of aliphatic hydroxyl groups excluding tert-OH is 1. The van der Waals surface area contributed by atoms with Crippen LogP contribution in [0, 0.1) is 5.82 Å². The van der Waals surface area contributed by atoms with E-state index < -0.39 is 18.2 Å². The van der Waals surface area contributed by atoms with Gasteiger partial charge in [-0.25, -0.2) is 9.18 Å². The number of urea groups is 1. The minimum absolute atomic E-state index is 0.377. The Morgan fingerprint density at radius 3 is 2.57 bits per heavy atom. The second-order valence-corrected chi connectivity index (χ2v) is 5.12. The predicted molar refractivity (Wildman–Crippen MR) is 86.0 cm³/mol. The number of rotatable bonds is 5. The molecule has 23 heavy (non-hydrogen) atoms. The van der Waals surface area contributed by atoms with E-state index in [4.69, 9.17) is 4.74 Å². The summed E-state index contributed by atoms with van der Waals surface area (Å²) in [5, 5.41) is 15.5. The summed E-state index contributed by atoms with van der Waals surface area (Å²) in [6.45, 7) is 1.67. The predicted octanol–water partition coefficient (Wildman–Crippen LogP) is 3.08. The number of carbonyl (C=O) groups excluding carboxylic acids is 1. The van der Waals surface area contributed by atoms with Crippen molar-refractivity contribution in [2.24, 2.45) is 0 Å². The van der Waals surface area contributed by atoms with Gasteiger partial charge in [0.2, 0.25) is 0 Å². The van der Waals surface area contributed by atoms with Crippen molar-refractivity contribution in [2.45, 2.75) is 19.1 Å². The fourth-order valence-electron chi connectivity index (χ4n) is 2.10. The van der Waals surface area contributed by atoms with Crippen LogP contribution in [0.3, 0.4) is 0 Å². The zero-order valence-corrected chi connectivity index (χ0v) is 12.9.